The summed E-state index contributed by atoms with van der Waals surface area (Å²) in [6.45, 7) is 1.36. The van der Waals surface area contributed by atoms with Crippen LogP contribution in [0.25, 0.3) is 0 Å². The summed E-state index contributed by atoms with van der Waals surface area (Å²) in [4.78, 5) is 0. The summed E-state index contributed by atoms with van der Waals surface area (Å²) < 4.78 is 31.0. The van der Waals surface area contributed by atoms with Gasteiger partial charge in [0.1, 0.15) is 5.75 Å². The molecule has 1 aliphatic rings. The predicted octanol–water partition coefficient (Wildman–Crippen LogP) is 3.15. The molecule has 0 saturated carbocycles. The van der Waals surface area contributed by atoms with E-state index in [2.05, 4.69) is 0 Å². The van der Waals surface area contributed by atoms with E-state index < -0.39 is 18.1 Å². The third-order valence-corrected chi connectivity index (χ3v) is 3.04. The highest BCUT2D eigenvalue weighted by molar-refractivity contribution is 6.30. The Morgan fingerprint density at radius 1 is 1.56 bits per heavy atom. The largest absolute Gasteiger partial charge is 0.481 e. The number of fused-ring (bicyclic) bond motifs is 1. The Bertz CT molecular complexity index is 413. The van der Waals surface area contributed by atoms with Gasteiger partial charge in [0.2, 0.25) is 0 Å². The van der Waals surface area contributed by atoms with Crippen molar-refractivity contribution < 1.29 is 13.5 Å². The average molecular weight is 248 g/mol. The molecule has 0 aromatic heterocycles. The summed E-state index contributed by atoms with van der Waals surface area (Å²) in [6.07, 6.45) is -2.48. The molecule has 1 aromatic carbocycles. The second-order valence-electron chi connectivity index (χ2n) is 4.21. The Balaban J connectivity index is 2.42. The van der Waals surface area contributed by atoms with Crippen LogP contribution in [0.2, 0.25) is 5.02 Å². The topological polar surface area (TPSA) is 35.2 Å². The molecule has 1 heterocycles. The normalized spacial score (nSPS) is 28.8. The maximum absolute atomic E-state index is 12.9. The molecule has 2 N–H and O–H groups in total. The molecule has 16 heavy (non-hydrogen) atoms. The van der Waals surface area contributed by atoms with Crippen molar-refractivity contribution in [2.45, 2.75) is 31.4 Å². The summed E-state index contributed by atoms with van der Waals surface area (Å²) in [5.41, 5.74) is 5.05. The van der Waals surface area contributed by atoms with Gasteiger partial charge in [-0.25, -0.2) is 8.78 Å². The van der Waals surface area contributed by atoms with Crippen molar-refractivity contribution >= 4 is 11.6 Å². The van der Waals surface area contributed by atoms with E-state index >= 15 is 0 Å². The van der Waals surface area contributed by atoms with Crippen molar-refractivity contribution in [1.29, 1.82) is 0 Å². The first-order valence-electron chi connectivity index (χ1n) is 4.94. The first kappa shape index (κ1) is 11.6. The van der Waals surface area contributed by atoms with E-state index in [4.69, 9.17) is 22.1 Å². The molecule has 0 bridgehead atoms. The van der Waals surface area contributed by atoms with Gasteiger partial charge in [0.05, 0.1) is 0 Å². The van der Waals surface area contributed by atoms with Crippen LogP contribution >= 0.6 is 11.6 Å². The number of halogens is 3. The van der Waals surface area contributed by atoms with Crippen LogP contribution in [0.4, 0.5) is 8.78 Å². The molecule has 0 aliphatic carbocycles. The third kappa shape index (κ3) is 1.87. The molecule has 0 fully saturated rings. The third-order valence-electron chi connectivity index (χ3n) is 2.81. The first-order valence-corrected chi connectivity index (χ1v) is 5.32. The van der Waals surface area contributed by atoms with E-state index in [-0.39, 0.29) is 6.42 Å². The minimum atomic E-state index is -2.58. The number of benzene rings is 1. The van der Waals surface area contributed by atoms with Crippen LogP contribution in [0.5, 0.6) is 5.75 Å². The smallest absolute Gasteiger partial charge is 0.277 e. The quantitative estimate of drug-likeness (QED) is 0.827. The van der Waals surface area contributed by atoms with Gasteiger partial charge < -0.3 is 10.5 Å². The van der Waals surface area contributed by atoms with Crippen molar-refractivity contribution in [2.75, 3.05) is 0 Å². The van der Waals surface area contributed by atoms with E-state index in [1.54, 1.807) is 12.1 Å². The number of hydrogen-bond acceptors (Lipinski definition) is 2. The minimum Gasteiger partial charge on any atom is -0.481 e. The molecule has 2 unspecified atom stereocenters. The van der Waals surface area contributed by atoms with Gasteiger partial charge >= 0.3 is 0 Å². The fourth-order valence-corrected chi connectivity index (χ4v) is 2.04. The molecule has 0 spiro atoms. The van der Waals surface area contributed by atoms with E-state index in [9.17, 15) is 8.78 Å². The van der Waals surface area contributed by atoms with Crippen LogP contribution in [-0.4, -0.2) is 12.0 Å². The lowest BCUT2D eigenvalue weighted by molar-refractivity contribution is -0.0808. The molecular formula is C11H12ClF2NO. The Morgan fingerprint density at radius 2 is 2.25 bits per heavy atom. The van der Waals surface area contributed by atoms with E-state index in [0.717, 1.165) is 5.56 Å². The zero-order valence-electron chi connectivity index (χ0n) is 8.71. The van der Waals surface area contributed by atoms with Gasteiger partial charge in [-0.05, 0) is 19.1 Å². The van der Waals surface area contributed by atoms with Crippen LogP contribution in [-0.2, 0) is 0 Å². The van der Waals surface area contributed by atoms with Crippen LogP contribution in [0.3, 0.4) is 0 Å². The SMILES string of the molecule is CC1(C(F)F)CC(N)c2ccc(Cl)cc2O1. The minimum absolute atomic E-state index is 0.0965. The highest BCUT2D eigenvalue weighted by Gasteiger charge is 2.43. The highest BCUT2D eigenvalue weighted by Crippen LogP contribution is 2.41. The van der Waals surface area contributed by atoms with E-state index in [1.807, 2.05) is 0 Å². The molecule has 0 radical (unpaired) electrons. The molecule has 2 nitrogen and oxygen atoms in total. The molecule has 1 aliphatic heterocycles. The number of hydrogen-bond donors (Lipinski definition) is 1. The van der Waals surface area contributed by atoms with Gasteiger partial charge in [0.15, 0.2) is 5.60 Å². The Morgan fingerprint density at radius 3 is 2.88 bits per heavy atom. The predicted molar refractivity (Wildman–Crippen MR) is 58.0 cm³/mol. The van der Waals surface area contributed by atoms with Crippen molar-refractivity contribution in [1.82, 2.24) is 0 Å². The van der Waals surface area contributed by atoms with Crippen LogP contribution in [0.15, 0.2) is 18.2 Å². The second kappa shape index (κ2) is 3.86. The number of ether oxygens (including phenoxy) is 1. The van der Waals surface area contributed by atoms with Gasteiger partial charge in [0.25, 0.3) is 6.43 Å². The monoisotopic (exact) mass is 247 g/mol. The summed E-state index contributed by atoms with van der Waals surface area (Å²) in [5.74, 6) is 0.356. The summed E-state index contributed by atoms with van der Waals surface area (Å²) in [7, 11) is 0. The Labute approximate surface area is 97.3 Å². The standard InChI is InChI=1S/C11H12ClF2NO/c1-11(10(13)14)5-8(15)7-3-2-6(12)4-9(7)16-11/h2-4,8,10H,5,15H2,1H3. The Kier molecular flexibility index (Phi) is 2.80. The van der Waals surface area contributed by atoms with Gasteiger partial charge in [-0.3, -0.25) is 0 Å². The van der Waals surface area contributed by atoms with Gasteiger partial charge in [-0.15, -0.1) is 0 Å². The van der Waals surface area contributed by atoms with Crippen molar-refractivity contribution in [2.24, 2.45) is 5.73 Å². The summed E-state index contributed by atoms with van der Waals surface area (Å²) in [5, 5.41) is 0.449. The second-order valence-corrected chi connectivity index (χ2v) is 4.64. The van der Waals surface area contributed by atoms with Gasteiger partial charge in [-0.2, -0.15) is 0 Å². The molecular weight excluding hydrogens is 236 g/mol. The number of rotatable bonds is 1. The lowest BCUT2D eigenvalue weighted by atomic mass is 9.89. The van der Waals surface area contributed by atoms with Crippen molar-refractivity contribution in [3.63, 3.8) is 0 Å². The fourth-order valence-electron chi connectivity index (χ4n) is 1.88. The fraction of sp³-hybridized carbons (Fsp3) is 0.455. The van der Waals surface area contributed by atoms with Gasteiger partial charge in [0, 0.05) is 23.0 Å². The molecule has 5 heteroatoms. The summed E-state index contributed by atoms with van der Waals surface area (Å²) >= 11 is 5.79. The van der Waals surface area contributed by atoms with Crippen molar-refractivity contribution in [3.8, 4) is 5.75 Å². The molecule has 2 atom stereocenters. The molecule has 0 amide bonds. The zero-order chi connectivity index (χ0) is 11.9. The number of alkyl halides is 2. The maximum Gasteiger partial charge on any atom is 0.277 e. The maximum atomic E-state index is 12.9. The van der Waals surface area contributed by atoms with Gasteiger partial charge in [-0.1, -0.05) is 17.7 Å². The first-order chi connectivity index (χ1) is 7.42. The average Bonchev–Trinajstić information content (AvgIpc) is 2.16. The van der Waals surface area contributed by atoms with Crippen LogP contribution < -0.4 is 10.5 Å². The van der Waals surface area contributed by atoms with Crippen LogP contribution in [0, 0.1) is 0 Å². The lowest BCUT2D eigenvalue weighted by Crippen LogP contribution is -2.46. The zero-order valence-corrected chi connectivity index (χ0v) is 9.47. The van der Waals surface area contributed by atoms with E-state index in [1.165, 1.54) is 13.0 Å². The highest BCUT2D eigenvalue weighted by atomic mass is 35.5. The molecule has 88 valence electrons. The molecule has 1 aromatic rings. The summed E-state index contributed by atoms with van der Waals surface area (Å²) in [6, 6.07) is 4.47. The molecule has 2 rings (SSSR count). The lowest BCUT2D eigenvalue weighted by Gasteiger charge is -2.38. The Hall–Kier alpha value is -0.870. The molecule has 0 saturated heterocycles. The van der Waals surface area contributed by atoms with Crippen LogP contribution in [0.1, 0.15) is 24.9 Å². The van der Waals surface area contributed by atoms with Crippen molar-refractivity contribution in [3.05, 3.63) is 28.8 Å². The number of nitrogens with two attached hydrogens (primary N) is 1. The van der Waals surface area contributed by atoms with E-state index in [0.29, 0.717) is 10.8 Å².